The summed E-state index contributed by atoms with van der Waals surface area (Å²) >= 11 is 0. The van der Waals surface area contributed by atoms with Gasteiger partial charge in [0.2, 0.25) is 5.91 Å². The summed E-state index contributed by atoms with van der Waals surface area (Å²) in [5.74, 6) is -2.48. The van der Waals surface area contributed by atoms with Crippen LogP contribution >= 0.6 is 0 Å². The van der Waals surface area contributed by atoms with Crippen LogP contribution in [0.5, 0.6) is 0 Å². The number of aliphatic carboxylic acids is 1. The number of carbonyl (C=O) groups is 3. The van der Waals surface area contributed by atoms with Crippen molar-refractivity contribution in [2.24, 2.45) is 5.92 Å². The largest absolute Gasteiger partial charge is 0.481 e. The number of carbonyl (C=O) groups excluding carboxylic acids is 2. The van der Waals surface area contributed by atoms with E-state index in [1.165, 1.54) is 0 Å². The molecule has 1 atom stereocenters. The molecule has 2 amide bonds. The zero-order chi connectivity index (χ0) is 21.4. The van der Waals surface area contributed by atoms with Crippen molar-refractivity contribution >= 4 is 17.8 Å². The molecule has 6 heteroatoms. The molecular weight excluding hydrogens is 368 g/mol. The SMILES string of the molecule is CC(C)(C)c1ccc(C(=O)NCC(=O)NCC(Cc2ccccc2)C(=O)O)cc1. The first-order valence-electron chi connectivity index (χ1n) is 9.59. The van der Waals surface area contributed by atoms with Gasteiger partial charge in [0, 0.05) is 12.1 Å². The first kappa shape index (κ1) is 22.1. The van der Waals surface area contributed by atoms with Crippen LogP contribution < -0.4 is 10.6 Å². The zero-order valence-corrected chi connectivity index (χ0v) is 17.1. The average Bonchev–Trinajstić information content (AvgIpc) is 2.69. The minimum absolute atomic E-state index is 0.000783. The Labute approximate surface area is 171 Å². The summed E-state index contributed by atoms with van der Waals surface area (Å²) in [5.41, 5.74) is 2.47. The predicted octanol–water partition coefficient (Wildman–Crippen LogP) is 2.77. The van der Waals surface area contributed by atoms with E-state index in [-0.39, 0.29) is 24.4 Å². The summed E-state index contributed by atoms with van der Waals surface area (Å²) in [4.78, 5) is 35.7. The highest BCUT2D eigenvalue weighted by Gasteiger charge is 2.19. The molecule has 0 bridgehead atoms. The van der Waals surface area contributed by atoms with Gasteiger partial charge in [-0.05, 0) is 35.1 Å². The molecule has 154 valence electrons. The van der Waals surface area contributed by atoms with E-state index in [2.05, 4.69) is 31.4 Å². The molecule has 0 saturated carbocycles. The van der Waals surface area contributed by atoms with E-state index < -0.39 is 17.8 Å². The Morgan fingerprint density at radius 2 is 1.55 bits per heavy atom. The first-order chi connectivity index (χ1) is 13.7. The van der Waals surface area contributed by atoms with Crippen LogP contribution in [-0.2, 0) is 21.4 Å². The van der Waals surface area contributed by atoms with Crippen LogP contribution in [0.2, 0.25) is 0 Å². The Morgan fingerprint density at radius 3 is 2.10 bits per heavy atom. The number of carboxylic acids is 1. The van der Waals surface area contributed by atoms with E-state index in [9.17, 15) is 19.5 Å². The quantitative estimate of drug-likeness (QED) is 0.639. The Bertz CT molecular complexity index is 839. The monoisotopic (exact) mass is 396 g/mol. The molecule has 0 aromatic heterocycles. The predicted molar refractivity (Wildman–Crippen MR) is 112 cm³/mol. The fourth-order valence-corrected chi connectivity index (χ4v) is 2.83. The maximum Gasteiger partial charge on any atom is 0.308 e. The second kappa shape index (κ2) is 9.87. The fraction of sp³-hybridized carbons (Fsp3) is 0.348. The molecular formula is C23H28N2O4. The molecule has 6 nitrogen and oxygen atoms in total. The molecule has 0 saturated heterocycles. The number of rotatable bonds is 8. The third-order valence-electron chi connectivity index (χ3n) is 4.64. The molecule has 0 aliphatic rings. The van der Waals surface area contributed by atoms with Crippen molar-refractivity contribution in [2.45, 2.75) is 32.6 Å². The van der Waals surface area contributed by atoms with Gasteiger partial charge in [-0.25, -0.2) is 0 Å². The van der Waals surface area contributed by atoms with Gasteiger partial charge in [-0.1, -0.05) is 63.2 Å². The molecule has 3 N–H and O–H groups in total. The number of amides is 2. The lowest BCUT2D eigenvalue weighted by Gasteiger charge is -2.19. The van der Waals surface area contributed by atoms with E-state index in [1.807, 2.05) is 42.5 Å². The van der Waals surface area contributed by atoms with Crippen molar-refractivity contribution in [3.05, 3.63) is 71.3 Å². The number of nitrogens with one attached hydrogen (secondary N) is 2. The summed E-state index contributed by atoms with van der Waals surface area (Å²) in [5, 5.41) is 14.5. The lowest BCUT2D eigenvalue weighted by molar-refractivity contribution is -0.141. The molecule has 0 radical (unpaired) electrons. The van der Waals surface area contributed by atoms with Crippen molar-refractivity contribution in [3.63, 3.8) is 0 Å². The molecule has 2 rings (SSSR count). The standard InChI is InChI=1S/C23H28N2O4/c1-23(2,3)19-11-9-17(10-12-19)21(27)25-15-20(26)24-14-18(22(28)29)13-16-7-5-4-6-8-16/h4-12,18H,13-15H2,1-3H3,(H,24,26)(H,25,27)(H,28,29). The number of carboxylic acid groups (broad SMARTS) is 1. The molecule has 2 aromatic carbocycles. The summed E-state index contributed by atoms with van der Waals surface area (Å²) in [7, 11) is 0. The summed E-state index contributed by atoms with van der Waals surface area (Å²) in [6, 6.07) is 16.5. The minimum Gasteiger partial charge on any atom is -0.481 e. The van der Waals surface area contributed by atoms with Crippen molar-refractivity contribution in [3.8, 4) is 0 Å². The van der Waals surface area contributed by atoms with Crippen LogP contribution in [0.4, 0.5) is 0 Å². The first-order valence-corrected chi connectivity index (χ1v) is 9.59. The fourth-order valence-electron chi connectivity index (χ4n) is 2.83. The summed E-state index contributed by atoms with van der Waals surface area (Å²) in [6.45, 7) is 6.06. The summed E-state index contributed by atoms with van der Waals surface area (Å²) in [6.07, 6.45) is 0.322. The van der Waals surface area contributed by atoms with Gasteiger partial charge in [0.05, 0.1) is 12.5 Å². The van der Waals surface area contributed by atoms with Gasteiger partial charge in [0.15, 0.2) is 0 Å². The Hall–Kier alpha value is -3.15. The molecule has 0 spiro atoms. The number of hydrogen-bond acceptors (Lipinski definition) is 3. The van der Waals surface area contributed by atoms with Gasteiger partial charge >= 0.3 is 5.97 Å². The Morgan fingerprint density at radius 1 is 0.931 bits per heavy atom. The van der Waals surface area contributed by atoms with E-state index in [0.717, 1.165) is 11.1 Å². The van der Waals surface area contributed by atoms with E-state index in [4.69, 9.17) is 0 Å². The molecule has 2 aromatic rings. The number of benzene rings is 2. The van der Waals surface area contributed by atoms with Gasteiger partial charge < -0.3 is 15.7 Å². The van der Waals surface area contributed by atoms with Gasteiger partial charge in [-0.3, -0.25) is 14.4 Å². The highest BCUT2D eigenvalue weighted by Crippen LogP contribution is 2.22. The maximum absolute atomic E-state index is 12.2. The van der Waals surface area contributed by atoms with Crippen molar-refractivity contribution in [2.75, 3.05) is 13.1 Å². The third-order valence-corrected chi connectivity index (χ3v) is 4.64. The Kier molecular flexibility index (Phi) is 7.53. The number of hydrogen-bond donors (Lipinski definition) is 3. The summed E-state index contributed by atoms with van der Waals surface area (Å²) < 4.78 is 0. The van der Waals surface area contributed by atoms with Crippen molar-refractivity contribution in [1.29, 1.82) is 0 Å². The molecule has 0 fully saturated rings. The second-order valence-electron chi connectivity index (χ2n) is 8.04. The normalized spacial score (nSPS) is 12.1. The van der Waals surface area contributed by atoms with E-state index in [1.54, 1.807) is 12.1 Å². The smallest absolute Gasteiger partial charge is 0.308 e. The highest BCUT2D eigenvalue weighted by molar-refractivity contribution is 5.96. The second-order valence-corrected chi connectivity index (χ2v) is 8.04. The van der Waals surface area contributed by atoms with Crippen molar-refractivity contribution in [1.82, 2.24) is 10.6 Å². The third kappa shape index (κ3) is 7.07. The molecule has 1 unspecified atom stereocenters. The topological polar surface area (TPSA) is 95.5 Å². The minimum atomic E-state index is -0.975. The van der Waals surface area contributed by atoms with Gasteiger partial charge in [0.1, 0.15) is 0 Å². The lowest BCUT2D eigenvalue weighted by Crippen LogP contribution is -2.40. The van der Waals surface area contributed by atoms with E-state index in [0.29, 0.717) is 12.0 Å². The Balaban J connectivity index is 1.82. The van der Waals surface area contributed by atoms with Crippen LogP contribution in [0.15, 0.2) is 54.6 Å². The van der Waals surface area contributed by atoms with Crippen LogP contribution in [0.25, 0.3) is 0 Å². The average molecular weight is 396 g/mol. The zero-order valence-electron chi connectivity index (χ0n) is 17.1. The highest BCUT2D eigenvalue weighted by atomic mass is 16.4. The van der Waals surface area contributed by atoms with Crippen LogP contribution in [0.1, 0.15) is 42.3 Å². The van der Waals surface area contributed by atoms with E-state index >= 15 is 0 Å². The van der Waals surface area contributed by atoms with Crippen LogP contribution in [0.3, 0.4) is 0 Å². The van der Waals surface area contributed by atoms with Gasteiger partial charge in [-0.2, -0.15) is 0 Å². The maximum atomic E-state index is 12.2. The molecule has 0 aliphatic heterocycles. The molecule has 0 aliphatic carbocycles. The van der Waals surface area contributed by atoms with Crippen LogP contribution in [0, 0.1) is 5.92 Å². The van der Waals surface area contributed by atoms with Gasteiger partial charge in [0.25, 0.3) is 5.91 Å². The van der Waals surface area contributed by atoms with Crippen molar-refractivity contribution < 1.29 is 19.5 Å². The van der Waals surface area contributed by atoms with Crippen LogP contribution in [-0.4, -0.2) is 36.0 Å². The molecule has 0 heterocycles. The van der Waals surface area contributed by atoms with Gasteiger partial charge in [-0.15, -0.1) is 0 Å². The lowest BCUT2D eigenvalue weighted by atomic mass is 9.87. The molecule has 29 heavy (non-hydrogen) atoms.